The van der Waals surface area contributed by atoms with Gasteiger partial charge in [0.2, 0.25) is 11.1 Å². The molecule has 0 aromatic carbocycles. The van der Waals surface area contributed by atoms with Gasteiger partial charge in [-0.2, -0.15) is 5.10 Å². The molecule has 3 heterocycles. The molecule has 0 aliphatic carbocycles. The highest BCUT2D eigenvalue weighted by Crippen LogP contribution is 2.21. The first kappa shape index (κ1) is 11.1. The van der Waals surface area contributed by atoms with Crippen molar-refractivity contribution in [3.05, 3.63) is 31.0 Å². The molecule has 92 valence electrons. The summed E-state index contributed by atoms with van der Waals surface area (Å²) in [4.78, 5) is 8.00. The van der Waals surface area contributed by atoms with Gasteiger partial charge in [-0.15, -0.1) is 0 Å². The van der Waals surface area contributed by atoms with Gasteiger partial charge in [0, 0.05) is 31.2 Å². The van der Waals surface area contributed by atoms with Crippen LogP contribution in [0, 0.1) is 0 Å². The molecule has 0 amide bonds. The van der Waals surface area contributed by atoms with E-state index in [1.165, 1.54) is 6.20 Å². The van der Waals surface area contributed by atoms with Gasteiger partial charge in [-0.05, 0) is 0 Å². The third kappa shape index (κ3) is 1.62. The van der Waals surface area contributed by atoms with E-state index in [0.29, 0.717) is 5.65 Å². The molecular formula is C10H9N5O2S. The Balaban J connectivity index is 2.27. The average molecular weight is 263 g/mol. The summed E-state index contributed by atoms with van der Waals surface area (Å²) in [7, 11) is 1.82. The van der Waals surface area contributed by atoms with Gasteiger partial charge in [0.05, 0.1) is 18.1 Å². The van der Waals surface area contributed by atoms with Crippen molar-refractivity contribution in [2.45, 2.75) is 5.03 Å². The summed E-state index contributed by atoms with van der Waals surface area (Å²) in [6.07, 6.45) is 8.35. The van der Waals surface area contributed by atoms with Crippen LogP contribution in [0.25, 0.3) is 16.9 Å². The van der Waals surface area contributed by atoms with Gasteiger partial charge in [-0.1, -0.05) is 0 Å². The van der Waals surface area contributed by atoms with Gasteiger partial charge in [0.1, 0.15) is 0 Å². The number of rotatable bonds is 2. The zero-order chi connectivity index (χ0) is 12.7. The normalized spacial score (nSPS) is 13.0. The Labute approximate surface area is 104 Å². The second-order valence-corrected chi connectivity index (χ2v) is 4.61. The van der Waals surface area contributed by atoms with Crippen molar-refractivity contribution in [2.24, 2.45) is 7.05 Å². The van der Waals surface area contributed by atoms with Crippen LogP contribution in [0.4, 0.5) is 0 Å². The van der Waals surface area contributed by atoms with E-state index in [9.17, 15) is 4.21 Å². The van der Waals surface area contributed by atoms with E-state index in [1.807, 2.05) is 13.2 Å². The maximum Gasteiger partial charge on any atom is 0.209 e. The monoisotopic (exact) mass is 263 g/mol. The Kier molecular flexibility index (Phi) is 2.46. The lowest BCUT2D eigenvalue weighted by atomic mass is 10.3. The van der Waals surface area contributed by atoms with E-state index >= 15 is 0 Å². The van der Waals surface area contributed by atoms with Gasteiger partial charge in [0.25, 0.3) is 0 Å². The molecule has 0 saturated carbocycles. The first-order valence-electron chi connectivity index (χ1n) is 5.09. The Morgan fingerprint density at radius 1 is 1.33 bits per heavy atom. The maximum atomic E-state index is 11.1. The highest BCUT2D eigenvalue weighted by molar-refractivity contribution is 7.79. The standard InChI is InChI=1S/C10H9N5O2S/c1-14-6-7(4-13-14)8-5-12-9-10(18(16)17)11-2-3-15(8)9/h2-6H,1H3,(H,16,17). The predicted molar refractivity (Wildman–Crippen MR) is 64.2 cm³/mol. The molecule has 3 aromatic heterocycles. The fourth-order valence-electron chi connectivity index (χ4n) is 1.79. The van der Waals surface area contributed by atoms with Gasteiger partial charge >= 0.3 is 0 Å². The van der Waals surface area contributed by atoms with Crippen molar-refractivity contribution in [2.75, 3.05) is 0 Å². The molecular weight excluding hydrogens is 254 g/mol. The van der Waals surface area contributed by atoms with Crippen LogP contribution < -0.4 is 0 Å². The summed E-state index contributed by atoms with van der Waals surface area (Å²) >= 11 is -2.16. The van der Waals surface area contributed by atoms with Crippen molar-refractivity contribution < 1.29 is 8.76 Å². The first-order chi connectivity index (χ1) is 8.66. The van der Waals surface area contributed by atoms with Crippen molar-refractivity contribution >= 4 is 16.7 Å². The molecule has 0 spiro atoms. The third-order valence-electron chi connectivity index (χ3n) is 2.56. The quantitative estimate of drug-likeness (QED) is 0.688. The summed E-state index contributed by atoms with van der Waals surface area (Å²) in [5, 5.41) is 4.14. The van der Waals surface area contributed by atoms with Crippen molar-refractivity contribution in [1.29, 1.82) is 0 Å². The van der Waals surface area contributed by atoms with Crippen LogP contribution in [0.3, 0.4) is 0 Å². The van der Waals surface area contributed by atoms with Gasteiger partial charge in [-0.3, -0.25) is 9.08 Å². The third-order valence-corrected chi connectivity index (χ3v) is 3.18. The molecule has 0 aliphatic rings. The second kappa shape index (κ2) is 4.00. The largest absolute Gasteiger partial charge is 0.301 e. The number of nitrogens with zero attached hydrogens (tertiary/aromatic N) is 5. The topological polar surface area (TPSA) is 85.3 Å². The van der Waals surface area contributed by atoms with E-state index in [1.54, 1.807) is 27.7 Å². The molecule has 1 unspecified atom stereocenters. The van der Waals surface area contributed by atoms with Crippen LogP contribution in [0.15, 0.2) is 36.0 Å². The van der Waals surface area contributed by atoms with Gasteiger partial charge in [0.15, 0.2) is 10.7 Å². The zero-order valence-corrected chi connectivity index (χ0v) is 10.2. The van der Waals surface area contributed by atoms with Crippen LogP contribution in [-0.4, -0.2) is 32.9 Å². The fourth-order valence-corrected chi connectivity index (χ4v) is 2.24. The average Bonchev–Trinajstić information content (AvgIpc) is 2.93. The van der Waals surface area contributed by atoms with E-state index in [-0.39, 0.29) is 5.03 Å². The summed E-state index contributed by atoms with van der Waals surface area (Å²) < 4.78 is 23.7. The molecule has 0 fully saturated rings. The number of aryl methyl sites for hydroxylation is 1. The van der Waals surface area contributed by atoms with E-state index in [2.05, 4.69) is 15.1 Å². The van der Waals surface area contributed by atoms with Crippen molar-refractivity contribution in [3.8, 4) is 11.3 Å². The van der Waals surface area contributed by atoms with Crippen molar-refractivity contribution in [3.63, 3.8) is 0 Å². The SMILES string of the molecule is Cn1cc(-c2cnc3c(S(=O)O)nccn23)cn1. The highest BCUT2D eigenvalue weighted by atomic mass is 32.2. The Morgan fingerprint density at radius 3 is 2.83 bits per heavy atom. The van der Waals surface area contributed by atoms with Gasteiger partial charge in [-0.25, -0.2) is 14.2 Å². The van der Waals surface area contributed by atoms with E-state index in [0.717, 1.165) is 11.3 Å². The lowest BCUT2D eigenvalue weighted by Crippen LogP contribution is -1.98. The van der Waals surface area contributed by atoms with Crippen molar-refractivity contribution in [1.82, 2.24) is 24.1 Å². The smallest absolute Gasteiger partial charge is 0.209 e. The van der Waals surface area contributed by atoms with Crippen LogP contribution >= 0.6 is 0 Å². The molecule has 3 rings (SSSR count). The summed E-state index contributed by atoms with van der Waals surface area (Å²) in [5.74, 6) is 0. The van der Waals surface area contributed by atoms with Crippen LogP contribution in [0.2, 0.25) is 0 Å². The molecule has 0 bridgehead atoms. The van der Waals surface area contributed by atoms with Crippen LogP contribution in [0.1, 0.15) is 0 Å². The molecule has 7 nitrogen and oxygen atoms in total. The molecule has 1 N–H and O–H groups in total. The molecule has 0 radical (unpaired) electrons. The second-order valence-electron chi connectivity index (χ2n) is 3.72. The number of hydrogen-bond donors (Lipinski definition) is 1. The predicted octanol–water partition coefficient (Wildman–Crippen LogP) is 0.710. The molecule has 3 aromatic rings. The first-order valence-corrected chi connectivity index (χ1v) is 6.19. The van der Waals surface area contributed by atoms with Crippen LogP contribution in [-0.2, 0) is 18.1 Å². The fraction of sp³-hybridized carbons (Fsp3) is 0.100. The summed E-state index contributed by atoms with van der Waals surface area (Å²) in [6, 6.07) is 0. The molecule has 1 atom stereocenters. The number of fused-ring (bicyclic) bond motifs is 1. The number of imidazole rings is 1. The minimum Gasteiger partial charge on any atom is -0.301 e. The Hall–Kier alpha value is -2.06. The number of aromatic nitrogens is 5. The minimum atomic E-state index is -2.16. The highest BCUT2D eigenvalue weighted by Gasteiger charge is 2.14. The number of hydrogen-bond acceptors (Lipinski definition) is 4. The molecule has 0 saturated heterocycles. The Morgan fingerprint density at radius 2 is 2.17 bits per heavy atom. The van der Waals surface area contributed by atoms with E-state index < -0.39 is 11.1 Å². The lowest BCUT2D eigenvalue weighted by molar-refractivity contribution is 0.561. The lowest BCUT2D eigenvalue weighted by Gasteiger charge is -2.00. The summed E-state index contributed by atoms with van der Waals surface area (Å²) in [6.45, 7) is 0. The molecule has 18 heavy (non-hydrogen) atoms. The van der Waals surface area contributed by atoms with Crippen LogP contribution in [0.5, 0.6) is 0 Å². The minimum absolute atomic E-state index is 0.0487. The molecule has 0 aliphatic heterocycles. The Bertz CT molecular complexity index is 748. The molecule has 8 heteroatoms. The zero-order valence-electron chi connectivity index (χ0n) is 9.39. The summed E-state index contributed by atoms with van der Waals surface area (Å²) in [5.41, 5.74) is 2.05. The van der Waals surface area contributed by atoms with Gasteiger partial charge < -0.3 is 4.55 Å². The van der Waals surface area contributed by atoms with E-state index in [4.69, 9.17) is 4.55 Å². The maximum absolute atomic E-state index is 11.1.